The summed E-state index contributed by atoms with van der Waals surface area (Å²) in [5.41, 5.74) is 1.15. The van der Waals surface area contributed by atoms with Crippen molar-refractivity contribution in [2.24, 2.45) is 0 Å². The second-order valence-electron chi connectivity index (χ2n) is 5.18. The van der Waals surface area contributed by atoms with Crippen LogP contribution in [0, 0.1) is 0 Å². The van der Waals surface area contributed by atoms with E-state index >= 15 is 0 Å². The minimum absolute atomic E-state index is 0.0973. The van der Waals surface area contributed by atoms with E-state index < -0.39 is 0 Å². The number of amides is 1. The van der Waals surface area contributed by atoms with Crippen LogP contribution in [0.15, 0.2) is 54.6 Å². The van der Waals surface area contributed by atoms with Crippen molar-refractivity contribution in [1.82, 2.24) is 10.2 Å². The van der Waals surface area contributed by atoms with E-state index in [1.54, 1.807) is 31.4 Å². The van der Waals surface area contributed by atoms with Gasteiger partial charge in [-0.25, -0.2) is 0 Å². The van der Waals surface area contributed by atoms with Crippen molar-refractivity contribution in [3.05, 3.63) is 65.2 Å². The van der Waals surface area contributed by atoms with E-state index in [0.717, 1.165) is 16.3 Å². The first-order chi connectivity index (χ1) is 12.2. The van der Waals surface area contributed by atoms with Gasteiger partial charge in [0.1, 0.15) is 16.5 Å². The smallest absolute Gasteiger partial charge is 0.264 e. The van der Waals surface area contributed by atoms with Gasteiger partial charge in [-0.1, -0.05) is 41.7 Å². The molecule has 1 heterocycles. The number of ether oxygens (including phenoxy) is 2. The van der Waals surface area contributed by atoms with E-state index in [1.807, 2.05) is 30.3 Å². The first kappa shape index (κ1) is 16.9. The average molecular weight is 355 g/mol. The molecule has 0 aliphatic carbocycles. The van der Waals surface area contributed by atoms with Crippen LogP contribution in [0.1, 0.15) is 10.6 Å². The molecule has 0 saturated heterocycles. The van der Waals surface area contributed by atoms with Crippen LogP contribution in [0.3, 0.4) is 0 Å². The number of hydrogen-bond donors (Lipinski definition) is 1. The van der Waals surface area contributed by atoms with Gasteiger partial charge in [0.2, 0.25) is 5.13 Å². The maximum atomic E-state index is 12.0. The molecule has 1 N–H and O–H groups in total. The molecule has 6 nitrogen and oxygen atoms in total. The maximum absolute atomic E-state index is 12.0. The molecule has 0 fully saturated rings. The second-order valence-corrected chi connectivity index (χ2v) is 6.24. The number of nitrogens with one attached hydrogen (secondary N) is 1. The van der Waals surface area contributed by atoms with E-state index in [-0.39, 0.29) is 12.5 Å². The molecule has 3 rings (SSSR count). The molecule has 1 amide bonds. The second kappa shape index (κ2) is 8.25. The molecule has 25 heavy (non-hydrogen) atoms. The number of anilines is 1. The van der Waals surface area contributed by atoms with E-state index in [0.29, 0.717) is 17.3 Å². The van der Waals surface area contributed by atoms with Crippen LogP contribution in [-0.2, 0) is 11.2 Å². The van der Waals surface area contributed by atoms with E-state index in [9.17, 15) is 4.79 Å². The van der Waals surface area contributed by atoms with E-state index in [1.165, 1.54) is 11.3 Å². The molecule has 0 saturated carbocycles. The lowest BCUT2D eigenvalue weighted by molar-refractivity contribution is -0.118. The number of nitrogens with zero attached hydrogens (tertiary/aromatic N) is 2. The first-order valence-electron chi connectivity index (χ1n) is 7.66. The molecular formula is C18H17N3O3S. The summed E-state index contributed by atoms with van der Waals surface area (Å²) < 4.78 is 10.5. The number of carbonyl (C=O) groups is 1. The zero-order chi connectivity index (χ0) is 17.5. The Labute approximate surface area is 149 Å². The molecule has 0 unspecified atom stereocenters. The Balaban J connectivity index is 1.49. The van der Waals surface area contributed by atoms with Crippen LogP contribution in [0.2, 0.25) is 0 Å². The number of hydrogen-bond acceptors (Lipinski definition) is 6. The van der Waals surface area contributed by atoms with Gasteiger partial charge in [0, 0.05) is 6.42 Å². The van der Waals surface area contributed by atoms with Crippen molar-refractivity contribution >= 4 is 22.4 Å². The highest BCUT2D eigenvalue weighted by molar-refractivity contribution is 7.15. The molecule has 1 aromatic heterocycles. The number of rotatable bonds is 7. The lowest BCUT2D eigenvalue weighted by Gasteiger charge is -2.06. The lowest BCUT2D eigenvalue weighted by Crippen LogP contribution is -2.20. The summed E-state index contributed by atoms with van der Waals surface area (Å²) in [5.74, 6) is 1.05. The summed E-state index contributed by atoms with van der Waals surface area (Å²) in [6.07, 6.45) is 0.691. The van der Waals surface area contributed by atoms with Gasteiger partial charge in [-0.3, -0.25) is 10.1 Å². The highest BCUT2D eigenvalue weighted by Gasteiger charge is 2.09. The molecule has 3 aromatic rings. The van der Waals surface area contributed by atoms with Crippen LogP contribution < -0.4 is 14.8 Å². The topological polar surface area (TPSA) is 73.3 Å². The summed E-state index contributed by atoms with van der Waals surface area (Å²) in [6, 6.07) is 17.0. The predicted octanol–water partition coefficient (Wildman–Crippen LogP) is 3.16. The Morgan fingerprint density at radius 2 is 1.76 bits per heavy atom. The molecule has 0 aliphatic heterocycles. The van der Waals surface area contributed by atoms with Crippen molar-refractivity contribution in [3.8, 4) is 11.5 Å². The fourth-order valence-corrected chi connectivity index (χ4v) is 2.91. The Bertz CT molecular complexity index is 819. The normalized spacial score (nSPS) is 10.3. The number of carbonyl (C=O) groups excluding carboxylic acids is 1. The largest absolute Gasteiger partial charge is 0.497 e. The standard InChI is InChI=1S/C18H17N3O3S/c1-23-14-7-9-15(10-8-14)24-12-16(22)19-18-21-20-17(25-18)11-13-5-3-2-4-6-13/h2-10H,11-12H2,1H3,(H,19,21,22). The van der Waals surface area contributed by atoms with Gasteiger partial charge in [-0.05, 0) is 29.8 Å². The lowest BCUT2D eigenvalue weighted by atomic mass is 10.2. The van der Waals surface area contributed by atoms with Gasteiger partial charge in [-0.15, -0.1) is 10.2 Å². The third-order valence-corrected chi connectivity index (χ3v) is 4.18. The zero-order valence-electron chi connectivity index (χ0n) is 13.6. The molecule has 0 radical (unpaired) electrons. The molecule has 0 aliphatic rings. The molecular weight excluding hydrogens is 338 g/mol. The molecule has 7 heteroatoms. The van der Waals surface area contributed by atoms with Gasteiger partial charge in [0.05, 0.1) is 7.11 Å². The molecule has 0 bridgehead atoms. The van der Waals surface area contributed by atoms with Crippen molar-refractivity contribution in [1.29, 1.82) is 0 Å². The molecule has 2 aromatic carbocycles. The monoisotopic (exact) mass is 355 g/mol. The van der Waals surface area contributed by atoms with Crippen LogP contribution in [0.4, 0.5) is 5.13 Å². The van der Waals surface area contributed by atoms with E-state index in [4.69, 9.17) is 9.47 Å². The quantitative estimate of drug-likeness (QED) is 0.705. The first-order valence-corrected chi connectivity index (χ1v) is 8.47. The van der Waals surface area contributed by atoms with Gasteiger partial charge < -0.3 is 9.47 Å². The summed E-state index contributed by atoms with van der Waals surface area (Å²) in [5, 5.41) is 12.1. The third-order valence-electron chi connectivity index (χ3n) is 3.34. The third kappa shape index (κ3) is 5.02. The minimum atomic E-state index is -0.279. The maximum Gasteiger partial charge on any atom is 0.264 e. The number of aromatic nitrogens is 2. The Kier molecular flexibility index (Phi) is 5.58. The summed E-state index contributed by atoms with van der Waals surface area (Å²) in [7, 11) is 1.59. The Morgan fingerprint density at radius 3 is 2.48 bits per heavy atom. The SMILES string of the molecule is COc1ccc(OCC(=O)Nc2nnc(Cc3ccccc3)s2)cc1. The van der Waals surface area contributed by atoms with Gasteiger partial charge >= 0.3 is 0 Å². The van der Waals surface area contributed by atoms with Gasteiger partial charge in [0.25, 0.3) is 5.91 Å². The minimum Gasteiger partial charge on any atom is -0.497 e. The highest BCUT2D eigenvalue weighted by Crippen LogP contribution is 2.19. The summed E-state index contributed by atoms with van der Waals surface area (Å²) in [4.78, 5) is 12.0. The van der Waals surface area contributed by atoms with E-state index in [2.05, 4.69) is 15.5 Å². The Hall–Kier alpha value is -2.93. The fourth-order valence-electron chi connectivity index (χ4n) is 2.12. The van der Waals surface area contributed by atoms with Crippen molar-refractivity contribution in [2.75, 3.05) is 19.0 Å². The van der Waals surface area contributed by atoms with Gasteiger partial charge in [-0.2, -0.15) is 0 Å². The van der Waals surface area contributed by atoms with Crippen LogP contribution in [-0.4, -0.2) is 29.8 Å². The van der Waals surface area contributed by atoms with Gasteiger partial charge in [0.15, 0.2) is 6.61 Å². The molecule has 128 valence electrons. The molecule has 0 spiro atoms. The summed E-state index contributed by atoms with van der Waals surface area (Å²) in [6.45, 7) is -0.0973. The van der Waals surface area contributed by atoms with Crippen molar-refractivity contribution in [3.63, 3.8) is 0 Å². The van der Waals surface area contributed by atoms with Crippen LogP contribution in [0.5, 0.6) is 11.5 Å². The van der Waals surface area contributed by atoms with Crippen LogP contribution >= 0.6 is 11.3 Å². The number of methoxy groups -OCH3 is 1. The zero-order valence-corrected chi connectivity index (χ0v) is 14.5. The van der Waals surface area contributed by atoms with Crippen molar-refractivity contribution in [2.45, 2.75) is 6.42 Å². The summed E-state index contributed by atoms with van der Waals surface area (Å²) >= 11 is 1.36. The average Bonchev–Trinajstić information content (AvgIpc) is 3.08. The fraction of sp³-hybridized carbons (Fsp3) is 0.167. The predicted molar refractivity (Wildman–Crippen MR) is 96.3 cm³/mol. The van der Waals surface area contributed by atoms with Crippen LogP contribution in [0.25, 0.3) is 0 Å². The highest BCUT2D eigenvalue weighted by atomic mass is 32.1. The number of benzene rings is 2. The van der Waals surface area contributed by atoms with Crippen molar-refractivity contribution < 1.29 is 14.3 Å². The molecule has 0 atom stereocenters. The Morgan fingerprint density at radius 1 is 1.04 bits per heavy atom.